The van der Waals surface area contributed by atoms with E-state index in [0.717, 1.165) is 12.1 Å². The first-order valence-corrected chi connectivity index (χ1v) is 11.6. The number of rotatable bonds is 6. The van der Waals surface area contributed by atoms with Gasteiger partial charge in [-0.2, -0.15) is 0 Å². The lowest BCUT2D eigenvalue weighted by Gasteiger charge is -2.30. The van der Waals surface area contributed by atoms with E-state index in [0.29, 0.717) is 35.1 Å². The number of hydrogen-bond donors (Lipinski definition) is 3. The Kier molecular flexibility index (Phi) is 8.31. The first kappa shape index (κ1) is 26.7. The number of aromatic amines is 1. The van der Waals surface area contributed by atoms with E-state index in [4.69, 9.17) is 0 Å². The van der Waals surface area contributed by atoms with Crippen molar-refractivity contribution in [3.63, 3.8) is 0 Å². The van der Waals surface area contributed by atoms with Gasteiger partial charge in [-0.1, -0.05) is 13.8 Å². The predicted octanol–water partition coefficient (Wildman–Crippen LogP) is 4.08. The molecule has 1 fully saturated rings. The molecule has 2 heterocycles. The largest absolute Gasteiger partial charge is 0.348 e. The van der Waals surface area contributed by atoms with Crippen molar-refractivity contribution in [2.24, 2.45) is 0 Å². The Labute approximate surface area is 207 Å². The van der Waals surface area contributed by atoms with Crippen molar-refractivity contribution in [1.82, 2.24) is 15.2 Å². The molecule has 0 radical (unpaired) electrons. The molecular weight excluding hydrogens is 470 g/mol. The molecule has 0 saturated carbocycles. The fraction of sp³-hybridized carbons (Fsp3) is 0.308. The number of H-pyrrole nitrogens is 1. The van der Waals surface area contributed by atoms with Crippen LogP contribution in [0.4, 0.5) is 14.5 Å². The number of benzene rings is 2. The van der Waals surface area contributed by atoms with E-state index in [1.165, 1.54) is 0 Å². The third-order valence-electron chi connectivity index (χ3n) is 6.00. The Morgan fingerprint density at radius 2 is 1.92 bits per heavy atom. The maximum Gasteiger partial charge on any atom is 0.272 e. The number of carbonyl (C=O) groups excluding carboxylic acids is 4. The number of imide groups is 1. The highest BCUT2D eigenvalue weighted by molar-refractivity contribution is 6.08. The number of nitrogens with one attached hydrogen (secondary N) is 3. The Morgan fingerprint density at radius 1 is 1.19 bits per heavy atom. The number of aromatic nitrogens is 1. The Bertz CT molecular complexity index is 1340. The van der Waals surface area contributed by atoms with Gasteiger partial charge in [-0.05, 0) is 55.8 Å². The van der Waals surface area contributed by atoms with Crippen LogP contribution in [0.25, 0.3) is 10.9 Å². The van der Waals surface area contributed by atoms with E-state index in [2.05, 4.69) is 15.6 Å². The molecule has 1 aliphatic rings. The fourth-order valence-corrected chi connectivity index (χ4v) is 4.19. The van der Waals surface area contributed by atoms with Crippen molar-refractivity contribution < 1.29 is 28.0 Å². The number of likely N-dealkylation sites (N-methyl/N-ethyl adjacent to an activating group) is 1. The van der Waals surface area contributed by atoms with Crippen LogP contribution in [0.3, 0.4) is 0 Å². The summed E-state index contributed by atoms with van der Waals surface area (Å²) in [5.74, 6) is -2.81. The Hall–Kier alpha value is -3.92. The number of anilines is 1. The summed E-state index contributed by atoms with van der Waals surface area (Å²) >= 11 is 0. The average Bonchev–Trinajstić information content (AvgIpc) is 3.17. The predicted molar refractivity (Wildman–Crippen MR) is 132 cm³/mol. The number of nitrogens with zero attached hydrogens (tertiary/aromatic N) is 1. The van der Waals surface area contributed by atoms with Gasteiger partial charge in [0.1, 0.15) is 23.6 Å². The third kappa shape index (κ3) is 5.49. The lowest BCUT2D eigenvalue weighted by atomic mass is 10.0. The number of aryl methyl sites for hydroxylation is 1. The Balaban J connectivity index is 0.00000176. The molecule has 1 saturated heterocycles. The number of carbonyl (C=O) groups is 4. The third-order valence-corrected chi connectivity index (χ3v) is 6.00. The molecule has 0 bridgehead atoms. The molecule has 190 valence electrons. The number of piperidine rings is 1. The van der Waals surface area contributed by atoms with Gasteiger partial charge >= 0.3 is 0 Å². The average molecular weight is 499 g/mol. The first-order valence-electron chi connectivity index (χ1n) is 11.6. The topological polar surface area (TPSA) is 111 Å². The SMILES string of the molecule is CC.Cc1c(C(=O)Nc2ccc(C=O)c(CN(C)C3CCC(=O)NC3=O)c2)[nH]c2c(F)cc(F)cc12. The Morgan fingerprint density at radius 3 is 2.58 bits per heavy atom. The van der Waals surface area contributed by atoms with E-state index in [-0.39, 0.29) is 35.5 Å². The van der Waals surface area contributed by atoms with Crippen molar-refractivity contribution in [1.29, 1.82) is 0 Å². The summed E-state index contributed by atoms with van der Waals surface area (Å²) in [5, 5.41) is 5.28. The van der Waals surface area contributed by atoms with Gasteiger partial charge in [0.25, 0.3) is 5.91 Å². The zero-order chi connectivity index (χ0) is 26.6. The first-order chi connectivity index (χ1) is 17.2. The molecule has 0 aliphatic carbocycles. The van der Waals surface area contributed by atoms with Crippen LogP contribution < -0.4 is 10.6 Å². The van der Waals surface area contributed by atoms with E-state index >= 15 is 0 Å². The van der Waals surface area contributed by atoms with Crippen molar-refractivity contribution in [3.05, 3.63) is 64.4 Å². The van der Waals surface area contributed by atoms with Crippen LogP contribution in [0.2, 0.25) is 0 Å². The van der Waals surface area contributed by atoms with Crippen LogP contribution >= 0.6 is 0 Å². The van der Waals surface area contributed by atoms with E-state index in [1.54, 1.807) is 37.1 Å². The molecule has 10 heteroatoms. The number of amides is 3. The lowest BCUT2D eigenvalue weighted by molar-refractivity contribution is -0.137. The molecule has 0 spiro atoms. The maximum atomic E-state index is 14.1. The highest BCUT2D eigenvalue weighted by Gasteiger charge is 2.30. The van der Waals surface area contributed by atoms with Crippen LogP contribution in [0, 0.1) is 18.6 Å². The lowest BCUT2D eigenvalue weighted by Crippen LogP contribution is -2.51. The number of hydrogen-bond acceptors (Lipinski definition) is 5. The van der Waals surface area contributed by atoms with Gasteiger partial charge < -0.3 is 10.3 Å². The molecule has 8 nitrogen and oxygen atoms in total. The maximum absolute atomic E-state index is 14.1. The minimum atomic E-state index is -0.800. The molecule has 36 heavy (non-hydrogen) atoms. The highest BCUT2D eigenvalue weighted by Crippen LogP contribution is 2.26. The molecule has 1 atom stereocenters. The normalized spacial score (nSPS) is 15.4. The second kappa shape index (κ2) is 11.2. The molecule has 1 aromatic heterocycles. The number of fused-ring (bicyclic) bond motifs is 1. The minimum Gasteiger partial charge on any atom is -0.348 e. The summed E-state index contributed by atoms with van der Waals surface area (Å²) in [7, 11) is 1.71. The fourth-order valence-electron chi connectivity index (χ4n) is 4.19. The second-order valence-electron chi connectivity index (χ2n) is 8.30. The van der Waals surface area contributed by atoms with Gasteiger partial charge in [-0.25, -0.2) is 8.78 Å². The summed E-state index contributed by atoms with van der Waals surface area (Å²) in [5.41, 5.74) is 1.85. The van der Waals surface area contributed by atoms with Gasteiger partial charge in [0.05, 0.1) is 11.6 Å². The summed E-state index contributed by atoms with van der Waals surface area (Å²) in [6, 6.07) is 6.08. The summed E-state index contributed by atoms with van der Waals surface area (Å²) in [4.78, 5) is 52.4. The van der Waals surface area contributed by atoms with Crippen LogP contribution in [-0.4, -0.2) is 47.0 Å². The molecule has 3 amide bonds. The van der Waals surface area contributed by atoms with Crippen molar-refractivity contribution in [3.8, 4) is 0 Å². The van der Waals surface area contributed by atoms with Crippen LogP contribution in [0.15, 0.2) is 30.3 Å². The molecule has 3 N–H and O–H groups in total. The monoisotopic (exact) mass is 498 g/mol. The van der Waals surface area contributed by atoms with Gasteiger partial charge in [0, 0.05) is 35.7 Å². The molecule has 1 aliphatic heterocycles. The standard InChI is InChI=1S/C24H22F2N4O4.C2H6/c1-12-17-8-15(25)9-18(26)22(17)29-21(12)24(34)27-16-4-3-13(11-31)14(7-16)10-30(2)19-5-6-20(32)28-23(19)33;1-2/h3-4,7-9,11,19,29H,5-6,10H2,1-2H3,(H,27,34)(H,28,32,33);1-2H3. The quantitative estimate of drug-likeness (QED) is 0.350. The van der Waals surface area contributed by atoms with Crippen molar-refractivity contribution >= 4 is 40.6 Å². The van der Waals surface area contributed by atoms with Gasteiger partial charge in [-0.3, -0.25) is 29.4 Å². The summed E-state index contributed by atoms with van der Waals surface area (Å²) in [6.45, 7) is 5.81. The smallest absolute Gasteiger partial charge is 0.272 e. The van der Waals surface area contributed by atoms with Gasteiger partial charge in [0.2, 0.25) is 11.8 Å². The molecule has 2 aromatic carbocycles. The number of aldehydes is 1. The van der Waals surface area contributed by atoms with Crippen molar-refractivity contribution in [2.75, 3.05) is 12.4 Å². The van der Waals surface area contributed by atoms with E-state index in [9.17, 15) is 28.0 Å². The second-order valence-corrected chi connectivity index (χ2v) is 8.30. The zero-order valence-corrected chi connectivity index (χ0v) is 20.5. The molecule has 1 unspecified atom stereocenters. The van der Waals surface area contributed by atoms with E-state index < -0.39 is 29.5 Å². The highest BCUT2D eigenvalue weighted by atomic mass is 19.1. The van der Waals surface area contributed by atoms with E-state index in [1.807, 2.05) is 13.8 Å². The van der Waals surface area contributed by atoms with Gasteiger partial charge in [0.15, 0.2) is 0 Å². The van der Waals surface area contributed by atoms with Crippen LogP contribution in [-0.2, 0) is 16.1 Å². The zero-order valence-electron chi connectivity index (χ0n) is 20.5. The van der Waals surface area contributed by atoms with Crippen molar-refractivity contribution in [2.45, 2.75) is 46.2 Å². The molecule has 3 aromatic rings. The summed E-state index contributed by atoms with van der Waals surface area (Å²) < 4.78 is 27.7. The number of halogens is 2. The molecule has 4 rings (SSSR count). The van der Waals surface area contributed by atoms with Crippen LogP contribution in [0.5, 0.6) is 0 Å². The van der Waals surface area contributed by atoms with Crippen LogP contribution in [0.1, 0.15) is 58.7 Å². The summed E-state index contributed by atoms with van der Waals surface area (Å²) in [6.07, 6.45) is 1.27. The molecular formula is C26H28F2N4O4. The minimum absolute atomic E-state index is 0.0342. The van der Waals surface area contributed by atoms with Gasteiger partial charge in [-0.15, -0.1) is 0 Å².